The first-order valence-corrected chi connectivity index (χ1v) is 13.8. The summed E-state index contributed by atoms with van der Waals surface area (Å²) in [6, 6.07) is 5.71. The molecule has 1 amide bonds. The number of anilines is 1. The number of aryl methyl sites for hydroxylation is 2. The van der Waals surface area contributed by atoms with Crippen LogP contribution < -0.4 is 27.7 Å². The summed E-state index contributed by atoms with van der Waals surface area (Å²) in [5.74, 6) is 0.338. The van der Waals surface area contributed by atoms with Gasteiger partial charge in [0.1, 0.15) is 0 Å². The van der Waals surface area contributed by atoms with E-state index in [0.717, 1.165) is 55.1 Å². The van der Waals surface area contributed by atoms with E-state index in [2.05, 4.69) is 25.4 Å². The fraction of sp³-hybridized carbons (Fsp3) is 0.433. The number of nitrogens with one attached hydrogen (secondary N) is 4. The molecule has 0 saturated carbocycles. The van der Waals surface area contributed by atoms with E-state index in [4.69, 9.17) is 16.9 Å². The molecule has 0 unspecified atom stereocenters. The van der Waals surface area contributed by atoms with Gasteiger partial charge in [-0.2, -0.15) is 0 Å². The van der Waals surface area contributed by atoms with Gasteiger partial charge in [-0.3, -0.25) is 14.5 Å². The first-order valence-electron chi connectivity index (χ1n) is 13.8. The van der Waals surface area contributed by atoms with Crippen LogP contribution in [0.3, 0.4) is 0 Å². The maximum absolute atomic E-state index is 13.4. The number of benzene rings is 1. The van der Waals surface area contributed by atoms with Crippen molar-refractivity contribution in [3.8, 4) is 0 Å². The number of allylic oxidation sites excluding steroid dienone is 3. The maximum atomic E-state index is 13.4. The molecule has 1 aromatic heterocycles. The van der Waals surface area contributed by atoms with Crippen LogP contribution in [0, 0.1) is 19.3 Å². The molecule has 2 aromatic rings. The molecule has 0 bridgehead atoms. The molecule has 0 radical (unpaired) electrons. The topological polar surface area (TPSA) is 156 Å². The lowest BCUT2D eigenvalue weighted by molar-refractivity contribution is 0.0950. The Labute approximate surface area is 237 Å². The second-order valence-corrected chi connectivity index (χ2v) is 10.6. The highest BCUT2D eigenvalue weighted by Gasteiger charge is 2.19. The Hall–Kier alpha value is -3.89. The maximum Gasteiger partial charge on any atom is 0.253 e. The number of hydrogen-bond acceptors (Lipinski definition) is 8. The Morgan fingerprint density at radius 2 is 1.85 bits per heavy atom. The van der Waals surface area contributed by atoms with E-state index in [0.29, 0.717) is 34.7 Å². The number of hydrogen-bond donors (Lipinski definition) is 6. The number of rotatable bonds is 11. The number of pyridine rings is 1. The number of piperazine rings is 1. The molecule has 8 N–H and O–H groups in total. The van der Waals surface area contributed by atoms with Gasteiger partial charge in [-0.1, -0.05) is 6.08 Å². The number of nitrogens with two attached hydrogens (primary N) is 2. The first kappa shape index (κ1) is 30.6. The molecule has 40 heavy (non-hydrogen) atoms. The minimum Gasteiger partial charge on any atom is -0.385 e. The molecule has 10 heteroatoms. The normalized spacial score (nSPS) is 14.9. The van der Waals surface area contributed by atoms with Crippen molar-refractivity contribution in [2.75, 3.05) is 44.6 Å². The summed E-state index contributed by atoms with van der Waals surface area (Å²) >= 11 is 0. The van der Waals surface area contributed by atoms with Crippen LogP contribution in [-0.4, -0.2) is 72.2 Å². The molecule has 10 nitrogen and oxygen atoms in total. The van der Waals surface area contributed by atoms with Crippen molar-refractivity contribution in [2.45, 2.75) is 47.2 Å². The third-order valence-electron chi connectivity index (χ3n) is 7.07. The van der Waals surface area contributed by atoms with Gasteiger partial charge in [0.25, 0.3) is 11.5 Å². The highest BCUT2D eigenvalue weighted by molar-refractivity contribution is 6.06. The van der Waals surface area contributed by atoms with Gasteiger partial charge < -0.3 is 37.4 Å². The lowest BCUT2D eigenvalue weighted by Crippen LogP contribution is -2.48. The summed E-state index contributed by atoms with van der Waals surface area (Å²) in [5, 5.41) is 14.3. The van der Waals surface area contributed by atoms with Crippen LogP contribution in [0.15, 0.2) is 41.0 Å². The van der Waals surface area contributed by atoms with E-state index in [9.17, 15) is 9.59 Å². The van der Waals surface area contributed by atoms with Crippen LogP contribution in [0.4, 0.5) is 5.69 Å². The second-order valence-electron chi connectivity index (χ2n) is 10.6. The lowest BCUT2D eigenvalue weighted by atomic mass is 9.96. The van der Waals surface area contributed by atoms with Crippen molar-refractivity contribution in [1.82, 2.24) is 20.1 Å². The number of amides is 1. The average Bonchev–Trinajstić information content (AvgIpc) is 2.90. The molecule has 0 aliphatic carbocycles. The number of carbonyl (C=O) groups is 1. The van der Waals surface area contributed by atoms with E-state index < -0.39 is 0 Å². The van der Waals surface area contributed by atoms with Crippen LogP contribution in [0.2, 0.25) is 0 Å². The Kier molecular flexibility index (Phi) is 10.7. The molecule has 3 rings (SSSR count). The SMILES string of the molecule is C/C(=C\C=C(/N)N1CCN(CCN)CC1)c1cc(NC(C)C)c(C=N)c(C(=O)NCc2c(C)cc(C)[nH]c2=O)c1. The van der Waals surface area contributed by atoms with Gasteiger partial charge in [0.05, 0.1) is 11.4 Å². The van der Waals surface area contributed by atoms with Gasteiger partial charge in [0.2, 0.25) is 0 Å². The summed E-state index contributed by atoms with van der Waals surface area (Å²) < 4.78 is 0. The summed E-state index contributed by atoms with van der Waals surface area (Å²) in [4.78, 5) is 33.2. The number of aromatic nitrogens is 1. The predicted molar refractivity (Wildman–Crippen MR) is 164 cm³/mol. The zero-order chi connectivity index (χ0) is 29.4. The quantitative estimate of drug-likeness (QED) is 0.186. The highest BCUT2D eigenvalue weighted by atomic mass is 16.1. The highest BCUT2D eigenvalue weighted by Crippen LogP contribution is 2.27. The van der Waals surface area contributed by atoms with Crippen LogP contribution in [-0.2, 0) is 6.54 Å². The van der Waals surface area contributed by atoms with Crippen molar-refractivity contribution < 1.29 is 4.79 Å². The fourth-order valence-corrected chi connectivity index (χ4v) is 4.84. The molecule has 216 valence electrons. The van der Waals surface area contributed by atoms with Crippen LogP contribution >= 0.6 is 0 Å². The summed E-state index contributed by atoms with van der Waals surface area (Å²) in [7, 11) is 0. The van der Waals surface area contributed by atoms with Crippen LogP contribution in [0.1, 0.15) is 59.1 Å². The smallest absolute Gasteiger partial charge is 0.253 e. The van der Waals surface area contributed by atoms with Crippen LogP contribution in [0.25, 0.3) is 5.57 Å². The van der Waals surface area contributed by atoms with Gasteiger partial charge >= 0.3 is 0 Å². The van der Waals surface area contributed by atoms with Crippen molar-refractivity contribution in [2.24, 2.45) is 11.5 Å². The molecule has 1 saturated heterocycles. The van der Waals surface area contributed by atoms with Crippen molar-refractivity contribution in [3.05, 3.63) is 80.0 Å². The third kappa shape index (κ3) is 7.83. The molecular weight excluding hydrogens is 504 g/mol. The summed E-state index contributed by atoms with van der Waals surface area (Å²) in [6.07, 6.45) is 5.05. The number of nitrogens with zero attached hydrogens (tertiary/aromatic N) is 2. The summed E-state index contributed by atoms with van der Waals surface area (Å²) in [5.41, 5.74) is 17.3. The van der Waals surface area contributed by atoms with E-state index in [-0.39, 0.29) is 24.1 Å². The van der Waals surface area contributed by atoms with Gasteiger partial charge in [-0.15, -0.1) is 0 Å². The third-order valence-corrected chi connectivity index (χ3v) is 7.07. The minimum atomic E-state index is -0.357. The van der Waals surface area contributed by atoms with E-state index in [1.54, 1.807) is 6.07 Å². The molecule has 1 aliphatic rings. The second kappa shape index (κ2) is 14.0. The van der Waals surface area contributed by atoms with Gasteiger partial charge in [-0.05, 0) is 75.6 Å². The predicted octanol–water partition coefficient (Wildman–Crippen LogP) is 2.52. The molecule has 1 aliphatic heterocycles. The molecule has 0 atom stereocenters. The molecule has 2 heterocycles. The molecule has 0 spiro atoms. The molecule has 1 fully saturated rings. The Morgan fingerprint density at radius 1 is 1.15 bits per heavy atom. The van der Waals surface area contributed by atoms with E-state index in [1.165, 1.54) is 6.21 Å². The Morgan fingerprint density at radius 3 is 2.45 bits per heavy atom. The van der Waals surface area contributed by atoms with Crippen molar-refractivity contribution >= 4 is 23.4 Å². The van der Waals surface area contributed by atoms with Crippen molar-refractivity contribution in [3.63, 3.8) is 0 Å². The zero-order valence-electron chi connectivity index (χ0n) is 24.4. The first-order chi connectivity index (χ1) is 19.0. The number of aromatic amines is 1. The zero-order valence-corrected chi connectivity index (χ0v) is 24.4. The Balaban J connectivity index is 1.89. The van der Waals surface area contributed by atoms with Crippen molar-refractivity contribution in [1.29, 1.82) is 5.41 Å². The standard InChI is InChI=1S/C30H44N8O2/c1-19(2)35-27-16-23(20(3)6-7-28(33)38-12-10-37(9-8-31)11-13-38)15-24(25(27)17-32)29(39)34-18-26-21(4)14-22(5)36-30(26)40/h6-7,14-17,19,32,35H,8-13,18,31,33H2,1-5H3,(H,34,39)(H,36,40)/b20-6+,28-7+,32-17?. The van der Waals surface area contributed by atoms with Gasteiger partial charge in [0, 0.05) is 80.6 Å². The largest absolute Gasteiger partial charge is 0.385 e. The van der Waals surface area contributed by atoms with E-state index >= 15 is 0 Å². The average molecular weight is 549 g/mol. The molecular formula is C30H44N8O2. The number of H-pyrrole nitrogens is 1. The lowest BCUT2D eigenvalue weighted by Gasteiger charge is -2.35. The minimum absolute atomic E-state index is 0.0848. The summed E-state index contributed by atoms with van der Waals surface area (Å²) in [6.45, 7) is 14.8. The Bertz CT molecular complexity index is 1330. The van der Waals surface area contributed by atoms with Crippen LogP contribution in [0.5, 0.6) is 0 Å². The van der Waals surface area contributed by atoms with Gasteiger partial charge in [-0.25, -0.2) is 0 Å². The fourth-order valence-electron chi connectivity index (χ4n) is 4.84. The van der Waals surface area contributed by atoms with E-state index in [1.807, 2.05) is 58.9 Å². The van der Waals surface area contributed by atoms with Gasteiger partial charge in [0.15, 0.2) is 0 Å². The molecule has 1 aromatic carbocycles. The number of carbonyl (C=O) groups excluding carboxylic acids is 1. The monoisotopic (exact) mass is 548 g/mol.